The summed E-state index contributed by atoms with van der Waals surface area (Å²) >= 11 is 0. The molecule has 2 amide bonds. The second kappa shape index (κ2) is 4.87. The molecule has 70 valence electrons. The highest BCUT2D eigenvalue weighted by atomic mass is 16.7. The van der Waals surface area contributed by atoms with Crippen molar-refractivity contribution in [2.75, 3.05) is 7.11 Å². The quantitative estimate of drug-likeness (QED) is 0.555. The van der Waals surface area contributed by atoms with E-state index in [0.29, 0.717) is 0 Å². The number of hydrogen-bond donors (Lipinski definition) is 0. The first-order valence-electron chi connectivity index (χ1n) is 4.07. The molecule has 1 atom stereocenters. The lowest BCUT2D eigenvalue weighted by Gasteiger charge is -2.08. The largest absolute Gasteiger partial charge is 0.272 e. The fraction of sp³-hybridized carbons (Fsp3) is 0.750. The molecule has 0 radical (unpaired) electrons. The summed E-state index contributed by atoms with van der Waals surface area (Å²) in [4.78, 5) is 26.3. The van der Waals surface area contributed by atoms with E-state index in [1.165, 1.54) is 7.11 Å². The van der Waals surface area contributed by atoms with Crippen LogP contribution in [-0.4, -0.2) is 24.0 Å². The van der Waals surface area contributed by atoms with Crippen molar-refractivity contribution in [2.24, 2.45) is 5.92 Å². The lowest BCUT2D eigenvalue weighted by molar-refractivity contribution is -0.180. The number of carbonyl (C=O) groups is 2. The average molecular weight is 173 g/mol. The first-order chi connectivity index (χ1) is 5.66. The summed E-state index contributed by atoms with van der Waals surface area (Å²) in [6.45, 7) is 5.71. The average Bonchev–Trinajstić information content (AvgIpc) is 2.31. The lowest BCUT2D eigenvalue weighted by Crippen LogP contribution is -2.28. The maximum atomic E-state index is 10.9. The highest BCUT2D eigenvalue weighted by molar-refractivity contribution is 6.02. The molecule has 0 saturated carbocycles. The third-order valence-corrected chi connectivity index (χ3v) is 1.51. The van der Waals surface area contributed by atoms with E-state index >= 15 is 0 Å². The molecule has 0 aliphatic carbocycles. The molecule has 4 nitrogen and oxygen atoms in total. The van der Waals surface area contributed by atoms with E-state index in [4.69, 9.17) is 0 Å². The smallest absolute Gasteiger partial charge is 0.256 e. The molecular formula is C8H15NO3. The Morgan fingerprint density at radius 2 is 1.92 bits per heavy atom. The SMILES string of the molecule is CC.CON1C(=O)CC(C)C1=O. The summed E-state index contributed by atoms with van der Waals surface area (Å²) in [6, 6.07) is 0. The maximum absolute atomic E-state index is 10.9. The van der Waals surface area contributed by atoms with Crippen molar-refractivity contribution >= 4 is 11.8 Å². The highest BCUT2D eigenvalue weighted by Crippen LogP contribution is 2.17. The van der Waals surface area contributed by atoms with Crippen LogP contribution in [0.4, 0.5) is 0 Å². The van der Waals surface area contributed by atoms with Crippen LogP contribution in [0.5, 0.6) is 0 Å². The first kappa shape index (κ1) is 11.1. The van der Waals surface area contributed by atoms with Crippen LogP contribution in [-0.2, 0) is 14.4 Å². The van der Waals surface area contributed by atoms with E-state index in [1.807, 2.05) is 13.8 Å². The third-order valence-electron chi connectivity index (χ3n) is 1.51. The van der Waals surface area contributed by atoms with Gasteiger partial charge in [0, 0.05) is 12.3 Å². The second-order valence-corrected chi connectivity index (χ2v) is 2.31. The molecule has 0 bridgehead atoms. The monoisotopic (exact) mass is 173 g/mol. The number of hydroxylamine groups is 2. The number of hydrogen-bond acceptors (Lipinski definition) is 3. The van der Waals surface area contributed by atoms with Crippen molar-refractivity contribution in [3.05, 3.63) is 0 Å². The van der Waals surface area contributed by atoms with Gasteiger partial charge in [-0.3, -0.25) is 14.4 Å². The van der Waals surface area contributed by atoms with Crippen LogP contribution in [0.25, 0.3) is 0 Å². The minimum absolute atomic E-state index is 0.215. The fourth-order valence-corrected chi connectivity index (χ4v) is 0.947. The van der Waals surface area contributed by atoms with Crippen LogP contribution >= 0.6 is 0 Å². The molecule has 12 heavy (non-hydrogen) atoms. The molecule has 0 N–H and O–H groups in total. The molecule has 1 rings (SSSR count). The topological polar surface area (TPSA) is 46.6 Å². The Morgan fingerprint density at radius 1 is 1.42 bits per heavy atom. The normalized spacial score (nSPS) is 22.3. The van der Waals surface area contributed by atoms with E-state index in [9.17, 15) is 9.59 Å². The van der Waals surface area contributed by atoms with Crippen molar-refractivity contribution in [1.29, 1.82) is 0 Å². The van der Waals surface area contributed by atoms with E-state index in [0.717, 1.165) is 5.06 Å². The number of imide groups is 1. The zero-order valence-corrected chi connectivity index (χ0v) is 7.96. The zero-order valence-electron chi connectivity index (χ0n) is 7.96. The predicted octanol–water partition coefficient (Wildman–Crippen LogP) is 0.969. The second-order valence-electron chi connectivity index (χ2n) is 2.31. The molecule has 1 aliphatic rings. The highest BCUT2D eigenvalue weighted by Gasteiger charge is 2.35. The Hall–Kier alpha value is -0.900. The van der Waals surface area contributed by atoms with Crippen molar-refractivity contribution in [1.82, 2.24) is 5.06 Å². The summed E-state index contributed by atoms with van der Waals surface area (Å²) < 4.78 is 0. The van der Waals surface area contributed by atoms with Gasteiger partial charge in [0.05, 0.1) is 7.11 Å². The van der Waals surface area contributed by atoms with Gasteiger partial charge in [0.15, 0.2) is 0 Å². The van der Waals surface area contributed by atoms with E-state index < -0.39 is 0 Å². The number of nitrogens with zero attached hydrogens (tertiary/aromatic N) is 1. The summed E-state index contributed by atoms with van der Waals surface area (Å²) in [7, 11) is 1.31. The van der Waals surface area contributed by atoms with Crippen LogP contribution < -0.4 is 0 Å². The molecule has 1 heterocycles. The minimum atomic E-state index is -0.250. The fourth-order valence-electron chi connectivity index (χ4n) is 0.947. The summed E-state index contributed by atoms with van der Waals surface area (Å²) in [5.74, 6) is -0.708. The predicted molar refractivity (Wildman–Crippen MR) is 44.0 cm³/mol. The van der Waals surface area contributed by atoms with Gasteiger partial charge in [-0.1, -0.05) is 20.8 Å². The Kier molecular flexibility index (Phi) is 4.51. The molecule has 0 aromatic rings. The zero-order chi connectivity index (χ0) is 9.72. The van der Waals surface area contributed by atoms with Crippen molar-refractivity contribution < 1.29 is 14.4 Å². The molecule has 1 saturated heterocycles. The van der Waals surface area contributed by atoms with E-state index in [-0.39, 0.29) is 24.2 Å². The molecular weight excluding hydrogens is 158 g/mol. The van der Waals surface area contributed by atoms with Crippen LogP contribution in [0.1, 0.15) is 27.2 Å². The number of amides is 2. The van der Waals surface area contributed by atoms with Crippen molar-refractivity contribution in [2.45, 2.75) is 27.2 Å². The van der Waals surface area contributed by atoms with Gasteiger partial charge in [0.25, 0.3) is 11.8 Å². The Morgan fingerprint density at radius 3 is 2.08 bits per heavy atom. The maximum Gasteiger partial charge on any atom is 0.256 e. The molecule has 4 heteroatoms. The number of carbonyl (C=O) groups excluding carboxylic acids is 2. The van der Waals surface area contributed by atoms with E-state index in [2.05, 4.69) is 4.84 Å². The molecule has 1 fully saturated rings. The molecule has 0 aromatic carbocycles. The van der Waals surface area contributed by atoms with Gasteiger partial charge in [0.2, 0.25) is 0 Å². The third kappa shape index (κ3) is 2.04. The standard InChI is InChI=1S/C6H9NO3.C2H6/c1-4-3-5(8)7(10-2)6(4)9;1-2/h4H,3H2,1-2H3;1-2H3. The van der Waals surface area contributed by atoms with Crippen LogP contribution in [0, 0.1) is 5.92 Å². The Labute approximate surface area is 72.4 Å². The van der Waals surface area contributed by atoms with Gasteiger partial charge < -0.3 is 0 Å². The van der Waals surface area contributed by atoms with Gasteiger partial charge in [-0.15, -0.1) is 0 Å². The van der Waals surface area contributed by atoms with Crippen molar-refractivity contribution in [3.8, 4) is 0 Å². The van der Waals surface area contributed by atoms with Crippen LogP contribution in [0.15, 0.2) is 0 Å². The van der Waals surface area contributed by atoms with Gasteiger partial charge in [-0.2, -0.15) is 5.06 Å². The van der Waals surface area contributed by atoms with E-state index in [1.54, 1.807) is 6.92 Å². The summed E-state index contributed by atoms with van der Waals surface area (Å²) in [6.07, 6.45) is 0.271. The van der Waals surface area contributed by atoms with Gasteiger partial charge in [0.1, 0.15) is 0 Å². The lowest BCUT2D eigenvalue weighted by atomic mass is 10.1. The number of rotatable bonds is 1. The molecule has 0 spiro atoms. The van der Waals surface area contributed by atoms with Crippen LogP contribution in [0.3, 0.4) is 0 Å². The van der Waals surface area contributed by atoms with Crippen molar-refractivity contribution in [3.63, 3.8) is 0 Å². The summed E-state index contributed by atoms with van der Waals surface area (Å²) in [5, 5.41) is 0.810. The molecule has 1 aliphatic heterocycles. The molecule has 1 unspecified atom stereocenters. The summed E-state index contributed by atoms with van der Waals surface area (Å²) in [5.41, 5.74) is 0. The Balaban J connectivity index is 0.000000561. The van der Waals surface area contributed by atoms with Gasteiger partial charge >= 0.3 is 0 Å². The first-order valence-corrected chi connectivity index (χ1v) is 4.07. The van der Waals surface area contributed by atoms with Crippen LogP contribution in [0.2, 0.25) is 0 Å². The Bertz CT molecular complexity index is 179. The van der Waals surface area contributed by atoms with Gasteiger partial charge in [-0.25, -0.2) is 0 Å². The van der Waals surface area contributed by atoms with Gasteiger partial charge in [-0.05, 0) is 0 Å². The minimum Gasteiger partial charge on any atom is -0.272 e. The molecule has 0 aromatic heterocycles.